The molecule has 25 heavy (non-hydrogen) atoms. The summed E-state index contributed by atoms with van der Waals surface area (Å²) in [6.07, 6.45) is 1.77. The van der Waals surface area contributed by atoms with Crippen LogP contribution in [0, 0.1) is 13.8 Å². The van der Waals surface area contributed by atoms with Crippen molar-refractivity contribution < 1.29 is 9.26 Å². The van der Waals surface area contributed by atoms with Gasteiger partial charge in [-0.05, 0) is 26.3 Å². The number of hydrogen-bond donors (Lipinski definition) is 2. The maximum absolute atomic E-state index is 5.71. The molecule has 0 bridgehead atoms. The molecule has 0 fully saturated rings. The smallest absolute Gasteiger partial charge is 0.191 e. The minimum absolute atomic E-state index is 0. The summed E-state index contributed by atoms with van der Waals surface area (Å²) in [6.45, 7) is 5.40. The Kier molecular flexibility index (Phi) is 7.10. The van der Waals surface area contributed by atoms with Crippen molar-refractivity contribution in [3.8, 4) is 5.75 Å². The van der Waals surface area contributed by atoms with E-state index in [1.165, 1.54) is 5.56 Å². The van der Waals surface area contributed by atoms with Gasteiger partial charge in [0.1, 0.15) is 11.5 Å². The van der Waals surface area contributed by atoms with E-state index in [0.717, 1.165) is 48.1 Å². The van der Waals surface area contributed by atoms with E-state index >= 15 is 0 Å². The zero-order chi connectivity index (χ0) is 16.9. The Morgan fingerprint density at radius 1 is 1.32 bits per heavy atom. The molecule has 0 saturated carbocycles. The minimum atomic E-state index is 0. The third kappa shape index (κ3) is 4.65. The SMILES string of the molecule is CN=C(NCCc1c(C)noc1C)NC1CCOc2ccccc21.I. The fraction of sp³-hybridized carbons (Fsp3) is 0.444. The van der Waals surface area contributed by atoms with Crippen molar-refractivity contribution >= 4 is 29.9 Å². The normalized spacial score (nSPS) is 16.4. The number of benzene rings is 1. The number of nitrogens with one attached hydrogen (secondary N) is 2. The van der Waals surface area contributed by atoms with Crippen LogP contribution in [0.3, 0.4) is 0 Å². The maximum atomic E-state index is 5.71. The number of hydrogen-bond acceptors (Lipinski definition) is 4. The Hall–Kier alpha value is -1.77. The van der Waals surface area contributed by atoms with Crippen molar-refractivity contribution in [2.75, 3.05) is 20.2 Å². The third-order valence-electron chi connectivity index (χ3n) is 4.34. The highest BCUT2D eigenvalue weighted by Crippen LogP contribution is 2.31. The molecule has 1 aliphatic rings. The van der Waals surface area contributed by atoms with Crippen LogP contribution in [-0.2, 0) is 6.42 Å². The molecule has 2 aromatic rings. The first-order valence-electron chi connectivity index (χ1n) is 8.29. The van der Waals surface area contributed by atoms with Crippen LogP contribution in [0.25, 0.3) is 0 Å². The average Bonchev–Trinajstić information content (AvgIpc) is 2.93. The van der Waals surface area contributed by atoms with Crippen LogP contribution in [0.1, 0.15) is 35.0 Å². The molecular formula is C18H25IN4O2. The standard InChI is InChI=1S/C18H24N4O2.HI/c1-12-14(13(2)24-22-12)8-10-20-18(19-3)21-16-9-11-23-17-7-5-4-6-15(16)17;/h4-7,16H,8-11H2,1-3H3,(H2,19,20,21);1H. The predicted molar refractivity (Wildman–Crippen MR) is 109 cm³/mol. The van der Waals surface area contributed by atoms with Gasteiger partial charge < -0.3 is 19.9 Å². The summed E-state index contributed by atoms with van der Waals surface area (Å²) >= 11 is 0. The van der Waals surface area contributed by atoms with Gasteiger partial charge in [-0.2, -0.15) is 0 Å². The minimum Gasteiger partial charge on any atom is -0.493 e. The molecule has 136 valence electrons. The van der Waals surface area contributed by atoms with E-state index in [4.69, 9.17) is 9.26 Å². The zero-order valence-corrected chi connectivity index (χ0v) is 17.2. The second kappa shape index (κ2) is 9.07. The largest absolute Gasteiger partial charge is 0.493 e. The number of fused-ring (bicyclic) bond motifs is 1. The van der Waals surface area contributed by atoms with E-state index in [-0.39, 0.29) is 30.0 Å². The van der Waals surface area contributed by atoms with E-state index in [1.807, 2.05) is 32.0 Å². The lowest BCUT2D eigenvalue weighted by Crippen LogP contribution is -2.41. The van der Waals surface area contributed by atoms with Gasteiger partial charge in [-0.3, -0.25) is 4.99 Å². The van der Waals surface area contributed by atoms with Crippen molar-refractivity contribution in [3.05, 3.63) is 46.8 Å². The summed E-state index contributed by atoms with van der Waals surface area (Å²) in [6, 6.07) is 8.36. The molecule has 0 amide bonds. The van der Waals surface area contributed by atoms with Crippen molar-refractivity contribution in [2.45, 2.75) is 32.7 Å². The molecule has 0 radical (unpaired) electrons. The lowest BCUT2D eigenvalue weighted by molar-refractivity contribution is 0.261. The van der Waals surface area contributed by atoms with Gasteiger partial charge in [0.2, 0.25) is 0 Å². The van der Waals surface area contributed by atoms with Crippen LogP contribution in [0.2, 0.25) is 0 Å². The van der Waals surface area contributed by atoms with Gasteiger partial charge in [-0.15, -0.1) is 24.0 Å². The number of guanidine groups is 1. The highest BCUT2D eigenvalue weighted by Gasteiger charge is 2.21. The van der Waals surface area contributed by atoms with Crippen molar-refractivity contribution in [2.24, 2.45) is 4.99 Å². The molecule has 0 aliphatic carbocycles. The molecule has 6 nitrogen and oxygen atoms in total. The molecule has 0 spiro atoms. The third-order valence-corrected chi connectivity index (χ3v) is 4.34. The molecular weight excluding hydrogens is 431 g/mol. The summed E-state index contributed by atoms with van der Waals surface area (Å²) in [5.41, 5.74) is 3.29. The highest BCUT2D eigenvalue weighted by atomic mass is 127. The molecule has 1 unspecified atom stereocenters. The Labute approximate surface area is 165 Å². The molecule has 1 aromatic heterocycles. The van der Waals surface area contributed by atoms with Crippen LogP contribution in [0.15, 0.2) is 33.8 Å². The van der Waals surface area contributed by atoms with Crippen LogP contribution in [-0.4, -0.2) is 31.3 Å². The van der Waals surface area contributed by atoms with Crippen LogP contribution in [0.5, 0.6) is 5.75 Å². The fourth-order valence-corrected chi connectivity index (χ4v) is 3.02. The maximum Gasteiger partial charge on any atom is 0.191 e. The van der Waals surface area contributed by atoms with Crippen molar-refractivity contribution in [1.29, 1.82) is 0 Å². The first-order chi connectivity index (χ1) is 11.7. The monoisotopic (exact) mass is 456 g/mol. The van der Waals surface area contributed by atoms with Gasteiger partial charge in [0, 0.05) is 31.1 Å². The van der Waals surface area contributed by atoms with E-state index < -0.39 is 0 Å². The van der Waals surface area contributed by atoms with Gasteiger partial charge in [0.15, 0.2) is 5.96 Å². The average molecular weight is 456 g/mol. The van der Waals surface area contributed by atoms with Gasteiger partial charge >= 0.3 is 0 Å². The van der Waals surface area contributed by atoms with Crippen LogP contribution in [0.4, 0.5) is 0 Å². The van der Waals surface area contributed by atoms with E-state index in [2.05, 4.69) is 26.8 Å². The van der Waals surface area contributed by atoms with Gasteiger partial charge in [-0.25, -0.2) is 0 Å². The number of halogens is 1. The first-order valence-corrected chi connectivity index (χ1v) is 8.29. The van der Waals surface area contributed by atoms with Crippen molar-refractivity contribution in [3.63, 3.8) is 0 Å². The Morgan fingerprint density at radius 2 is 2.12 bits per heavy atom. The summed E-state index contributed by atoms with van der Waals surface area (Å²) in [5, 5.41) is 10.9. The molecule has 1 aliphatic heterocycles. The lowest BCUT2D eigenvalue weighted by atomic mass is 10.0. The number of nitrogens with zero attached hydrogens (tertiary/aromatic N) is 2. The summed E-state index contributed by atoms with van der Waals surface area (Å²) in [5.74, 6) is 2.63. The van der Waals surface area contributed by atoms with Gasteiger partial charge in [-0.1, -0.05) is 23.4 Å². The second-order valence-corrected chi connectivity index (χ2v) is 5.92. The van der Waals surface area contributed by atoms with Crippen LogP contribution >= 0.6 is 24.0 Å². The quantitative estimate of drug-likeness (QED) is 0.420. The molecule has 3 rings (SSSR count). The Bertz CT molecular complexity index is 710. The number of aliphatic imine (C=N–C) groups is 1. The summed E-state index contributed by atoms with van der Waals surface area (Å²) in [7, 11) is 1.79. The molecule has 1 aromatic carbocycles. The molecule has 2 heterocycles. The molecule has 1 atom stereocenters. The topological polar surface area (TPSA) is 71.7 Å². The Morgan fingerprint density at radius 3 is 2.84 bits per heavy atom. The first kappa shape index (κ1) is 19.6. The van der Waals surface area contributed by atoms with Crippen molar-refractivity contribution in [1.82, 2.24) is 15.8 Å². The number of rotatable bonds is 4. The van der Waals surface area contributed by atoms with Gasteiger partial charge in [0.05, 0.1) is 18.3 Å². The highest BCUT2D eigenvalue weighted by molar-refractivity contribution is 14.0. The van der Waals surface area contributed by atoms with Gasteiger partial charge in [0.25, 0.3) is 0 Å². The Balaban J connectivity index is 0.00000225. The lowest BCUT2D eigenvalue weighted by Gasteiger charge is -2.28. The number of aryl methyl sites for hydroxylation is 2. The summed E-state index contributed by atoms with van der Waals surface area (Å²) < 4.78 is 10.9. The van der Waals surface area contributed by atoms with Crippen LogP contribution < -0.4 is 15.4 Å². The molecule has 7 heteroatoms. The number of aromatic nitrogens is 1. The predicted octanol–water partition coefficient (Wildman–Crippen LogP) is 3.14. The van der Waals surface area contributed by atoms with E-state index in [1.54, 1.807) is 7.05 Å². The summed E-state index contributed by atoms with van der Waals surface area (Å²) in [4.78, 5) is 4.33. The number of para-hydroxylation sites is 1. The molecule has 2 N–H and O–H groups in total. The van der Waals surface area contributed by atoms with E-state index in [9.17, 15) is 0 Å². The zero-order valence-electron chi connectivity index (χ0n) is 14.8. The second-order valence-electron chi connectivity index (χ2n) is 5.92. The van der Waals surface area contributed by atoms with E-state index in [0.29, 0.717) is 6.61 Å². The number of ether oxygens (including phenoxy) is 1. The fourth-order valence-electron chi connectivity index (χ4n) is 3.02. The molecule has 0 saturated heterocycles.